The fourth-order valence-corrected chi connectivity index (χ4v) is 2.48. The standard InChI is InChI=1S/C14H24N2O2/c1-17-11-13-2-6-16(7-3-13)8-5-15-10-14-4-9-18-12-14/h4,9,12-13,15H,2-3,5-8,10-11H2,1H3. The molecule has 2 heterocycles. The van der Waals surface area contributed by atoms with Gasteiger partial charge in [-0.3, -0.25) is 0 Å². The van der Waals surface area contributed by atoms with E-state index in [0.29, 0.717) is 0 Å². The summed E-state index contributed by atoms with van der Waals surface area (Å²) in [5.41, 5.74) is 1.22. The second-order valence-corrected chi connectivity index (χ2v) is 5.05. The fraction of sp³-hybridized carbons (Fsp3) is 0.714. The van der Waals surface area contributed by atoms with Crippen LogP contribution in [0.5, 0.6) is 0 Å². The molecule has 1 N–H and O–H groups in total. The van der Waals surface area contributed by atoms with Crippen molar-refractivity contribution in [3.05, 3.63) is 24.2 Å². The van der Waals surface area contributed by atoms with Crippen LogP contribution < -0.4 is 5.32 Å². The number of nitrogens with one attached hydrogen (secondary N) is 1. The van der Waals surface area contributed by atoms with Gasteiger partial charge in [-0.05, 0) is 37.9 Å². The van der Waals surface area contributed by atoms with Gasteiger partial charge in [-0.1, -0.05) is 0 Å². The highest BCUT2D eigenvalue weighted by Crippen LogP contribution is 2.16. The summed E-state index contributed by atoms with van der Waals surface area (Å²) in [4.78, 5) is 2.54. The molecule has 0 aliphatic carbocycles. The lowest BCUT2D eigenvalue weighted by Crippen LogP contribution is -2.39. The van der Waals surface area contributed by atoms with Crippen molar-refractivity contribution < 1.29 is 9.15 Å². The van der Waals surface area contributed by atoms with Crippen LogP contribution in [0.2, 0.25) is 0 Å². The molecule has 1 aliphatic rings. The third kappa shape index (κ3) is 4.44. The maximum Gasteiger partial charge on any atom is 0.0947 e. The van der Waals surface area contributed by atoms with Gasteiger partial charge in [0.05, 0.1) is 12.5 Å². The van der Waals surface area contributed by atoms with Crippen molar-refractivity contribution in [1.29, 1.82) is 0 Å². The molecule has 102 valence electrons. The molecule has 1 aromatic heterocycles. The zero-order valence-corrected chi connectivity index (χ0v) is 11.2. The minimum Gasteiger partial charge on any atom is -0.472 e. The molecule has 0 aromatic carbocycles. The van der Waals surface area contributed by atoms with Crippen molar-refractivity contribution in [2.75, 3.05) is 39.9 Å². The van der Waals surface area contributed by atoms with Crippen LogP contribution in [0.25, 0.3) is 0 Å². The molecular formula is C14H24N2O2. The quantitative estimate of drug-likeness (QED) is 0.750. The van der Waals surface area contributed by atoms with E-state index in [4.69, 9.17) is 9.15 Å². The highest BCUT2D eigenvalue weighted by atomic mass is 16.5. The number of rotatable bonds is 7. The molecule has 0 atom stereocenters. The Kier molecular flexibility index (Phi) is 5.71. The number of methoxy groups -OCH3 is 1. The molecule has 4 nitrogen and oxygen atoms in total. The summed E-state index contributed by atoms with van der Waals surface area (Å²) >= 11 is 0. The molecule has 4 heteroatoms. The van der Waals surface area contributed by atoms with Crippen molar-refractivity contribution in [3.8, 4) is 0 Å². The fourth-order valence-electron chi connectivity index (χ4n) is 2.48. The van der Waals surface area contributed by atoms with Crippen LogP contribution in [0.3, 0.4) is 0 Å². The minimum atomic E-state index is 0.769. The van der Waals surface area contributed by atoms with E-state index in [2.05, 4.69) is 10.2 Å². The van der Waals surface area contributed by atoms with Crippen LogP contribution in [0.1, 0.15) is 18.4 Å². The largest absolute Gasteiger partial charge is 0.472 e. The molecule has 1 fully saturated rings. The van der Waals surface area contributed by atoms with Crippen LogP contribution in [-0.2, 0) is 11.3 Å². The lowest BCUT2D eigenvalue weighted by atomic mass is 9.98. The molecule has 1 aromatic rings. The summed E-state index contributed by atoms with van der Waals surface area (Å²) in [7, 11) is 1.80. The van der Waals surface area contributed by atoms with Gasteiger partial charge in [0.25, 0.3) is 0 Å². The first-order valence-electron chi connectivity index (χ1n) is 6.81. The number of hydrogen-bond acceptors (Lipinski definition) is 4. The lowest BCUT2D eigenvalue weighted by molar-refractivity contribution is 0.0998. The topological polar surface area (TPSA) is 37.6 Å². The van der Waals surface area contributed by atoms with E-state index in [1.165, 1.54) is 31.5 Å². The monoisotopic (exact) mass is 252 g/mol. The predicted octanol–water partition coefficient (Wildman–Crippen LogP) is 1.73. The molecule has 0 amide bonds. The zero-order valence-electron chi connectivity index (χ0n) is 11.2. The van der Waals surface area contributed by atoms with E-state index in [1.807, 2.05) is 6.07 Å². The van der Waals surface area contributed by atoms with Crippen molar-refractivity contribution in [2.45, 2.75) is 19.4 Å². The zero-order chi connectivity index (χ0) is 12.6. The van der Waals surface area contributed by atoms with E-state index >= 15 is 0 Å². The molecule has 0 unspecified atom stereocenters. The highest BCUT2D eigenvalue weighted by Gasteiger charge is 2.18. The van der Waals surface area contributed by atoms with E-state index in [0.717, 1.165) is 32.2 Å². The number of hydrogen-bond donors (Lipinski definition) is 1. The van der Waals surface area contributed by atoms with E-state index in [9.17, 15) is 0 Å². The second-order valence-electron chi connectivity index (χ2n) is 5.05. The van der Waals surface area contributed by atoms with Gasteiger partial charge in [-0.15, -0.1) is 0 Å². The number of nitrogens with zero attached hydrogens (tertiary/aromatic N) is 1. The van der Waals surface area contributed by atoms with Crippen LogP contribution in [0, 0.1) is 5.92 Å². The van der Waals surface area contributed by atoms with Crippen LogP contribution in [-0.4, -0.2) is 44.8 Å². The van der Waals surface area contributed by atoms with E-state index in [1.54, 1.807) is 19.6 Å². The normalized spacial score (nSPS) is 18.3. The van der Waals surface area contributed by atoms with Gasteiger partial charge in [-0.2, -0.15) is 0 Å². The van der Waals surface area contributed by atoms with Gasteiger partial charge >= 0.3 is 0 Å². The maximum absolute atomic E-state index is 5.22. The van der Waals surface area contributed by atoms with Crippen molar-refractivity contribution in [1.82, 2.24) is 10.2 Å². The number of ether oxygens (including phenoxy) is 1. The third-order valence-electron chi connectivity index (χ3n) is 3.62. The van der Waals surface area contributed by atoms with Gasteiger partial charge in [-0.25, -0.2) is 0 Å². The van der Waals surface area contributed by atoms with Crippen LogP contribution in [0.15, 0.2) is 23.0 Å². The number of piperidine rings is 1. The van der Waals surface area contributed by atoms with E-state index < -0.39 is 0 Å². The van der Waals surface area contributed by atoms with Gasteiger partial charge in [0, 0.05) is 38.9 Å². The summed E-state index contributed by atoms with van der Waals surface area (Å²) in [6.45, 7) is 6.42. The third-order valence-corrected chi connectivity index (χ3v) is 3.62. The Morgan fingerprint density at radius 1 is 1.44 bits per heavy atom. The number of furan rings is 1. The van der Waals surface area contributed by atoms with Gasteiger partial charge in [0.1, 0.15) is 0 Å². The molecule has 1 aliphatic heterocycles. The lowest BCUT2D eigenvalue weighted by Gasteiger charge is -2.31. The van der Waals surface area contributed by atoms with Crippen molar-refractivity contribution >= 4 is 0 Å². The van der Waals surface area contributed by atoms with Crippen molar-refractivity contribution in [3.63, 3.8) is 0 Å². The smallest absolute Gasteiger partial charge is 0.0947 e. The van der Waals surface area contributed by atoms with Crippen molar-refractivity contribution in [2.24, 2.45) is 5.92 Å². The first-order chi connectivity index (χ1) is 8.88. The Bertz CT molecular complexity index is 306. The summed E-state index contributed by atoms with van der Waals surface area (Å²) in [5, 5.41) is 3.45. The minimum absolute atomic E-state index is 0.769. The summed E-state index contributed by atoms with van der Waals surface area (Å²) in [5.74, 6) is 0.769. The molecule has 18 heavy (non-hydrogen) atoms. The van der Waals surface area contributed by atoms with Crippen LogP contribution in [0.4, 0.5) is 0 Å². The average molecular weight is 252 g/mol. The van der Waals surface area contributed by atoms with Gasteiger partial charge < -0.3 is 19.4 Å². The average Bonchev–Trinajstić information content (AvgIpc) is 2.90. The SMILES string of the molecule is COCC1CCN(CCNCc2ccoc2)CC1. The van der Waals surface area contributed by atoms with Gasteiger partial charge in [0.15, 0.2) is 0 Å². The van der Waals surface area contributed by atoms with Crippen LogP contribution >= 0.6 is 0 Å². The molecule has 1 saturated heterocycles. The number of likely N-dealkylation sites (tertiary alicyclic amines) is 1. The summed E-state index contributed by atoms with van der Waals surface area (Å²) in [6, 6.07) is 2.00. The molecule has 2 rings (SSSR count). The maximum atomic E-state index is 5.22. The Labute approximate surface area is 109 Å². The Morgan fingerprint density at radius 2 is 2.28 bits per heavy atom. The Hall–Kier alpha value is -0.840. The van der Waals surface area contributed by atoms with E-state index in [-0.39, 0.29) is 0 Å². The van der Waals surface area contributed by atoms with Gasteiger partial charge in [0.2, 0.25) is 0 Å². The first kappa shape index (κ1) is 13.6. The molecule has 0 spiro atoms. The molecule has 0 radical (unpaired) electrons. The molecule has 0 bridgehead atoms. The Morgan fingerprint density at radius 3 is 2.94 bits per heavy atom. The Balaban J connectivity index is 1.53. The first-order valence-corrected chi connectivity index (χ1v) is 6.81. The second kappa shape index (κ2) is 7.56. The molecule has 0 saturated carbocycles. The summed E-state index contributed by atoms with van der Waals surface area (Å²) in [6.07, 6.45) is 6.06. The molecular weight excluding hydrogens is 228 g/mol. The summed E-state index contributed by atoms with van der Waals surface area (Å²) < 4.78 is 10.3. The highest BCUT2D eigenvalue weighted by molar-refractivity contribution is 5.04. The predicted molar refractivity (Wildman–Crippen MR) is 71.5 cm³/mol.